The average molecular weight is 447 g/mol. The second-order valence-electron chi connectivity index (χ2n) is 6.70. The SMILES string of the molecule is COc1ccc(Cl)cc1/C=C/C(=O)N1CCN(S(=O)(=O)/C=C/c2ccccc2)CC1. The van der Waals surface area contributed by atoms with Crippen molar-refractivity contribution < 1.29 is 17.9 Å². The Balaban J connectivity index is 1.59. The van der Waals surface area contributed by atoms with Gasteiger partial charge in [0.25, 0.3) is 0 Å². The number of piperazine rings is 1. The molecule has 8 heteroatoms. The number of amides is 1. The molecule has 1 amide bonds. The van der Waals surface area contributed by atoms with Crippen molar-refractivity contribution in [2.24, 2.45) is 0 Å². The van der Waals surface area contributed by atoms with Crippen LogP contribution in [0.2, 0.25) is 5.02 Å². The van der Waals surface area contributed by atoms with Gasteiger partial charge in [-0.25, -0.2) is 8.42 Å². The van der Waals surface area contributed by atoms with Crippen LogP contribution in [0.4, 0.5) is 0 Å². The van der Waals surface area contributed by atoms with Crippen LogP contribution in [-0.4, -0.2) is 56.8 Å². The Morgan fingerprint density at radius 3 is 2.40 bits per heavy atom. The molecule has 1 fully saturated rings. The number of nitrogens with zero attached hydrogens (tertiary/aromatic N) is 2. The van der Waals surface area contributed by atoms with Crippen molar-refractivity contribution in [1.82, 2.24) is 9.21 Å². The molecule has 1 aliphatic heterocycles. The highest BCUT2D eigenvalue weighted by atomic mass is 35.5. The molecular weight excluding hydrogens is 424 g/mol. The topological polar surface area (TPSA) is 66.9 Å². The van der Waals surface area contributed by atoms with Crippen LogP contribution >= 0.6 is 11.6 Å². The second-order valence-corrected chi connectivity index (χ2v) is 8.96. The average Bonchev–Trinajstić information content (AvgIpc) is 2.77. The molecule has 0 bridgehead atoms. The first-order chi connectivity index (χ1) is 14.4. The fourth-order valence-corrected chi connectivity index (χ4v) is 4.43. The van der Waals surface area contributed by atoms with Gasteiger partial charge in [0.2, 0.25) is 15.9 Å². The fraction of sp³-hybridized carbons (Fsp3) is 0.227. The highest BCUT2D eigenvalue weighted by Crippen LogP contribution is 2.24. The molecule has 0 radical (unpaired) electrons. The van der Waals surface area contributed by atoms with E-state index in [1.165, 1.54) is 15.8 Å². The third-order valence-corrected chi connectivity index (χ3v) is 6.54. The summed E-state index contributed by atoms with van der Waals surface area (Å²) in [5.41, 5.74) is 1.52. The van der Waals surface area contributed by atoms with E-state index in [4.69, 9.17) is 16.3 Å². The summed E-state index contributed by atoms with van der Waals surface area (Å²) in [5.74, 6) is 0.429. The number of rotatable bonds is 6. The normalized spacial score (nSPS) is 15.7. The first kappa shape index (κ1) is 22.1. The van der Waals surface area contributed by atoms with E-state index < -0.39 is 10.0 Å². The Bertz CT molecular complexity index is 1040. The summed E-state index contributed by atoms with van der Waals surface area (Å²) >= 11 is 6.01. The highest BCUT2D eigenvalue weighted by Gasteiger charge is 2.26. The number of ether oxygens (including phenoxy) is 1. The zero-order chi connectivity index (χ0) is 21.6. The number of halogens is 1. The summed E-state index contributed by atoms with van der Waals surface area (Å²) in [6.07, 6.45) is 4.68. The lowest BCUT2D eigenvalue weighted by molar-refractivity contribution is -0.127. The molecule has 2 aromatic carbocycles. The quantitative estimate of drug-likeness (QED) is 0.637. The van der Waals surface area contributed by atoms with Crippen molar-refractivity contribution in [2.75, 3.05) is 33.3 Å². The van der Waals surface area contributed by atoms with Gasteiger partial charge in [0.05, 0.1) is 7.11 Å². The zero-order valence-corrected chi connectivity index (χ0v) is 18.1. The molecule has 0 saturated carbocycles. The lowest BCUT2D eigenvalue weighted by atomic mass is 10.2. The standard InChI is InChI=1S/C22H23ClN2O4S/c1-29-21-9-8-20(23)17-19(21)7-10-22(26)24-12-14-25(15-13-24)30(27,28)16-11-18-5-3-2-4-6-18/h2-11,16-17H,12-15H2,1H3/b10-7+,16-11+. The second kappa shape index (κ2) is 9.93. The van der Waals surface area contributed by atoms with Gasteiger partial charge in [0.15, 0.2) is 0 Å². The number of carbonyl (C=O) groups is 1. The van der Waals surface area contributed by atoms with Crippen LogP contribution in [0.25, 0.3) is 12.2 Å². The molecule has 0 atom stereocenters. The van der Waals surface area contributed by atoms with Gasteiger partial charge in [-0.15, -0.1) is 0 Å². The summed E-state index contributed by atoms with van der Waals surface area (Å²) in [4.78, 5) is 14.1. The van der Waals surface area contributed by atoms with Crippen LogP contribution in [0.5, 0.6) is 5.75 Å². The Morgan fingerprint density at radius 2 is 1.73 bits per heavy atom. The van der Waals surface area contributed by atoms with Gasteiger partial charge in [0, 0.05) is 48.2 Å². The van der Waals surface area contributed by atoms with Crippen LogP contribution in [0.15, 0.2) is 60.0 Å². The van der Waals surface area contributed by atoms with Gasteiger partial charge < -0.3 is 9.64 Å². The van der Waals surface area contributed by atoms with E-state index in [2.05, 4.69) is 0 Å². The molecule has 30 heavy (non-hydrogen) atoms. The minimum absolute atomic E-state index is 0.186. The van der Waals surface area contributed by atoms with E-state index in [9.17, 15) is 13.2 Å². The summed E-state index contributed by atoms with van der Waals surface area (Å²) in [6.45, 7) is 1.16. The summed E-state index contributed by atoms with van der Waals surface area (Å²) in [7, 11) is -1.98. The third kappa shape index (κ3) is 5.72. The molecule has 0 aliphatic carbocycles. The Morgan fingerprint density at radius 1 is 1.03 bits per heavy atom. The van der Waals surface area contributed by atoms with Gasteiger partial charge in [-0.3, -0.25) is 4.79 Å². The van der Waals surface area contributed by atoms with E-state index in [-0.39, 0.29) is 19.0 Å². The van der Waals surface area contributed by atoms with Crippen LogP contribution in [0.1, 0.15) is 11.1 Å². The van der Waals surface area contributed by atoms with E-state index in [0.717, 1.165) is 5.56 Å². The van der Waals surface area contributed by atoms with E-state index in [1.807, 2.05) is 30.3 Å². The zero-order valence-electron chi connectivity index (χ0n) is 16.6. The summed E-state index contributed by atoms with van der Waals surface area (Å²) in [6, 6.07) is 14.4. The van der Waals surface area contributed by atoms with Gasteiger partial charge in [-0.05, 0) is 35.9 Å². The summed E-state index contributed by atoms with van der Waals surface area (Å²) in [5, 5.41) is 1.76. The van der Waals surface area contributed by atoms with Crippen molar-refractivity contribution in [3.05, 3.63) is 76.2 Å². The Labute approximate surface area is 182 Å². The number of sulfonamides is 1. The van der Waals surface area contributed by atoms with Gasteiger partial charge >= 0.3 is 0 Å². The lowest BCUT2D eigenvalue weighted by Crippen LogP contribution is -2.49. The van der Waals surface area contributed by atoms with E-state index in [0.29, 0.717) is 29.4 Å². The van der Waals surface area contributed by atoms with Gasteiger partial charge in [0.1, 0.15) is 5.75 Å². The molecule has 0 spiro atoms. The Kier molecular flexibility index (Phi) is 7.31. The van der Waals surface area contributed by atoms with Crippen molar-refractivity contribution in [3.8, 4) is 5.75 Å². The molecule has 1 heterocycles. The molecule has 1 aliphatic rings. The minimum atomic E-state index is -3.53. The predicted molar refractivity (Wildman–Crippen MR) is 120 cm³/mol. The van der Waals surface area contributed by atoms with Crippen LogP contribution in [0.3, 0.4) is 0 Å². The third-order valence-electron chi connectivity index (χ3n) is 4.74. The van der Waals surface area contributed by atoms with Crippen molar-refractivity contribution in [3.63, 3.8) is 0 Å². The number of hydrogen-bond donors (Lipinski definition) is 0. The van der Waals surface area contributed by atoms with Crippen LogP contribution in [-0.2, 0) is 14.8 Å². The first-order valence-corrected chi connectivity index (χ1v) is 11.3. The molecule has 0 aromatic heterocycles. The number of hydrogen-bond acceptors (Lipinski definition) is 4. The molecule has 3 rings (SSSR count). The van der Waals surface area contributed by atoms with Crippen LogP contribution < -0.4 is 4.74 Å². The smallest absolute Gasteiger partial charge is 0.246 e. The minimum Gasteiger partial charge on any atom is -0.496 e. The number of carbonyl (C=O) groups excluding carboxylic acids is 1. The summed E-state index contributed by atoms with van der Waals surface area (Å²) < 4.78 is 31.7. The molecule has 0 N–H and O–H groups in total. The predicted octanol–water partition coefficient (Wildman–Crippen LogP) is 3.51. The Hall–Kier alpha value is -2.61. The number of benzene rings is 2. The first-order valence-electron chi connectivity index (χ1n) is 9.43. The molecular formula is C22H23ClN2O4S. The maximum atomic E-state index is 12.5. The molecule has 0 unspecified atom stereocenters. The maximum Gasteiger partial charge on any atom is 0.246 e. The maximum absolute atomic E-state index is 12.5. The van der Waals surface area contributed by atoms with Gasteiger partial charge in [-0.2, -0.15) is 4.31 Å². The molecule has 1 saturated heterocycles. The van der Waals surface area contributed by atoms with Crippen molar-refractivity contribution in [1.29, 1.82) is 0 Å². The van der Waals surface area contributed by atoms with Crippen molar-refractivity contribution >= 4 is 39.7 Å². The van der Waals surface area contributed by atoms with E-state index >= 15 is 0 Å². The largest absolute Gasteiger partial charge is 0.496 e. The highest BCUT2D eigenvalue weighted by molar-refractivity contribution is 7.92. The van der Waals surface area contributed by atoms with Crippen molar-refractivity contribution in [2.45, 2.75) is 0 Å². The molecule has 158 valence electrons. The van der Waals surface area contributed by atoms with Crippen LogP contribution in [0, 0.1) is 0 Å². The molecule has 6 nitrogen and oxygen atoms in total. The lowest BCUT2D eigenvalue weighted by Gasteiger charge is -2.32. The monoisotopic (exact) mass is 446 g/mol. The fourth-order valence-electron chi connectivity index (χ4n) is 3.08. The molecule has 2 aromatic rings. The van der Waals surface area contributed by atoms with Gasteiger partial charge in [-0.1, -0.05) is 41.9 Å². The van der Waals surface area contributed by atoms with E-state index in [1.54, 1.807) is 42.4 Å². The number of methoxy groups -OCH3 is 1.